The number of hydrogen-bond donors (Lipinski definition) is 0. The lowest BCUT2D eigenvalue weighted by atomic mass is 10.1. The number of oxazole rings is 1. The SMILES string of the molecule is O=C1C(=Cc2cc3oc(-c4ccc(Cl)cc4)nc3s2)C(=O)c2cc(Cl)c(Cl)cc21. The first-order chi connectivity index (χ1) is 13.9. The van der Waals surface area contributed by atoms with Gasteiger partial charge in [-0.2, -0.15) is 4.98 Å². The zero-order valence-corrected chi connectivity index (χ0v) is 17.4. The van der Waals surface area contributed by atoms with Crippen molar-refractivity contribution in [3.63, 3.8) is 0 Å². The minimum absolute atomic E-state index is 0.0696. The number of benzene rings is 2. The molecule has 2 heterocycles. The Bertz CT molecular complexity index is 1290. The van der Waals surface area contributed by atoms with Crippen molar-refractivity contribution in [2.75, 3.05) is 0 Å². The molecule has 0 amide bonds. The highest BCUT2D eigenvalue weighted by Crippen LogP contribution is 2.36. The van der Waals surface area contributed by atoms with E-state index in [2.05, 4.69) is 4.98 Å². The second-order valence-corrected chi connectivity index (χ2v) is 8.69. The van der Waals surface area contributed by atoms with Crippen LogP contribution in [-0.2, 0) is 0 Å². The number of rotatable bonds is 2. The number of carbonyl (C=O) groups is 2. The van der Waals surface area contributed by atoms with Crippen molar-refractivity contribution >= 4 is 74.2 Å². The third-order valence-corrected chi connectivity index (χ3v) is 6.46. The van der Waals surface area contributed by atoms with E-state index in [0.29, 0.717) is 26.2 Å². The molecule has 0 radical (unpaired) electrons. The smallest absolute Gasteiger partial charge is 0.228 e. The third kappa shape index (κ3) is 3.11. The van der Waals surface area contributed by atoms with E-state index >= 15 is 0 Å². The number of halogens is 3. The summed E-state index contributed by atoms with van der Waals surface area (Å²) < 4.78 is 5.81. The molecule has 1 aliphatic rings. The summed E-state index contributed by atoms with van der Waals surface area (Å²) in [4.78, 5) is 31.2. The fourth-order valence-corrected chi connectivity index (χ4v) is 4.48. The van der Waals surface area contributed by atoms with Crippen molar-refractivity contribution in [1.29, 1.82) is 0 Å². The summed E-state index contributed by atoms with van der Waals surface area (Å²) in [7, 11) is 0. The molecule has 8 heteroatoms. The number of allylic oxidation sites excluding steroid dienone is 1. The number of nitrogens with zero attached hydrogens (tertiary/aromatic N) is 1. The maximum atomic E-state index is 12.7. The van der Waals surface area contributed by atoms with Gasteiger partial charge in [-0.15, -0.1) is 11.3 Å². The van der Waals surface area contributed by atoms with Gasteiger partial charge in [-0.3, -0.25) is 9.59 Å². The van der Waals surface area contributed by atoms with Crippen LogP contribution in [0.1, 0.15) is 25.6 Å². The largest absolute Gasteiger partial charge is 0.435 e. The van der Waals surface area contributed by atoms with Crippen molar-refractivity contribution in [2.24, 2.45) is 0 Å². The fourth-order valence-electron chi connectivity index (χ4n) is 3.13. The summed E-state index contributed by atoms with van der Waals surface area (Å²) in [5.41, 5.74) is 1.98. The molecule has 1 aliphatic carbocycles. The van der Waals surface area contributed by atoms with Crippen molar-refractivity contribution in [1.82, 2.24) is 4.98 Å². The van der Waals surface area contributed by atoms with E-state index in [0.717, 1.165) is 5.56 Å². The highest BCUT2D eigenvalue weighted by Gasteiger charge is 2.34. The summed E-state index contributed by atoms with van der Waals surface area (Å²) >= 11 is 19.2. The summed E-state index contributed by atoms with van der Waals surface area (Å²) in [6, 6.07) is 11.8. The zero-order chi connectivity index (χ0) is 20.3. The van der Waals surface area contributed by atoms with Gasteiger partial charge in [0.15, 0.2) is 22.0 Å². The average Bonchev–Trinajstić information content (AvgIpc) is 3.31. The van der Waals surface area contributed by atoms with Crippen LogP contribution in [0.4, 0.5) is 0 Å². The molecule has 0 N–H and O–H groups in total. The summed E-state index contributed by atoms with van der Waals surface area (Å²) in [5, 5.41) is 1.10. The summed E-state index contributed by atoms with van der Waals surface area (Å²) in [5.74, 6) is -0.265. The molecule has 2 aromatic heterocycles. The van der Waals surface area contributed by atoms with Crippen LogP contribution in [0.2, 0.25) is 15.1 Å². The van der Waals surface area contributed by atoms with E-state index in [1.165, 1.54) is 23.5 Å². The highest BCUT2D eigenvalue weighted by atomic mass is 35.5. The molecule has 0 spiro atoms. The second kappa shape index (κ2) is 6.82. The van der Waals surface area contributed by atoms with Gasteiger partial charge in [-0.1, -0.05) is 34.8 Å². The third-order valence-electron chi connectivity index (χ3n) is 4.53. The monoisotopic (exact) mass is 459 g/mol. The minimum Gasteiger partial charge on any atom is -0.435 e. The molecule has 0 atom stereocenters. The number of ketones is 2. The summed E-state index contributed by atoms with van der Waals surface area (Å²) in [6.07, 6.45) is 1.55. The van der Waals surface area contributed by atoms with Crippen molar-refractivity contribution < 1.29 is 14.0 Å². The van der Waals surface area contributed by atoms with Crippen molar-refractivity contribution in [3.8, 4) is 11.5 Å². The zero-order valence-electron chi connectivity index (χ0n) is 14.3. The normalized spacial score (nSPS) is 13.4. The molecule has 29 heavy (non-hydrogen) atoms. The Kier molecular flexibility index (Phi) is 4.37. The number of Topliss-reactive ketones (excluding diaryl/α,β-unsaturated/α-hetero) is 2. The van der Waals surface area contributed by atoms with Crippen LogP contribution in [0.15, 0.2) is 52.5 Å². The van der Waals surface area contributed by atoms with E-state index < -0.39 is 0 Å². The van der Waals surface area contributed by atoms with Gasteiger partial charge in [-0.05, 0) is 42.5 Å². The molecule has 0 saturated heterocycles. The fraction of sp³-hybridized carbons (Fsp3) is 0. The second-order valence-electron chi connectivity index (χ2n) is 6.37. The maximum Gasteiger partial charge on any atom is 0.228 e. The first-order valence-corrected chi connectivity index (χ1v) is 10.3. The van der Waals surface area contributed by atoms with Crippen molar-refractivity contribution in [2.45, 2.75) is 0 Å². The standard InChI is InChI=1S/C21H8Cl3NO3S/c22-10-3-1-9(2-4-10)20-25-21-17(28-20)6-11(29-21)5-14-18(26)12-7-15(23)16(24)8-13(12)19(14)27/h1-8H. The topological polar surface area (TPSA) is 60.2 Å². The van der Waals surface area contributed by atoms with Crippen molar-refractivity contribution in [3.05, 3.63) is 79.1 Å². The quantitative estimate of drug-likeness (QED) is 0.239. The van der Waals surface area contributed by atoms with Gasteiger partial charge in [0.25, 0.3) is 0 Å². The van der Waals surface area contributed by atoms with E-state index in [9.17, 15) is 9.59 Å². The average molecular weight is 461 g/mol. The molecule has 2 aromatic carbocycles. The van der Waals surface area contributed by atoms with Crippen LogP contribution in [0.5, 0.6) is 0 Å². The molecular weight excluding hydrogens is 453 g/mol. The molecule has 4 nitrogen and oxygen atoms in total. The van der Waals surface area contributed by atoms with E-state index in [1.807, 2.05) is 12.1 Å². The Balaban J connectivity index is 1.51. The predicted molar refractivity (Wildman–Crippen MR) is 115 cm³/mol. The minimum atomic E-state index is -0.372. The van der Waals surface area contributed by atoms with Crippen LogP contribution in [-0.4, -0.2) is 16.6 Å². The Hall–Kier alpha value is -2.44. The lowest BCUT2D eigenvalue weighted by Gasteiger charge is -1.98. The van der Waals surface area contributed by atoms with Gasteiger partial charge in [0.1, 0.15) is 0 Å². The molecule has 0 saturated carbocycles. The van der Waals surface area contributed by atoms with E-state index in [4.69, 9.17) is 39.2 Å². The molecule has 5 rings (SSSR count). The lowest BCUT2D eigenvalue weighted by Crippen LogP contribution is -1.99. The molecule has 0 bridgehead atoms. The van der Waals surface area contributed by atoms with Gasteiger partial charge in [0.05, 0.1) is 15.6 Å². The lowest BCUT2D eigenvalue weighted by molar-refractivity contribution is 0.0990. The Morgan fingerprint density at radius 2 is 1.52 bits per heavy atom. The van der Waals surface area contributed by atoms with Crippen LogP contribution >= 0.6 is 46.1 Å². The Labute approximate surface area is 183 Å². The molecule has 142 valence electrons. The number of carbonyl (C=O) groups excluding carboxylic acids is 2. The highest BCUT2D eigenvalue weighted by molar-refractivity contribution is 7.19. The number of hydrogen-bond acceptors (Lipinski definition) is 5. The molecular formula is C21H8Cl3NO3S. The van der Waals surface area contributed by atoms with Gasteiger partial charge < -0.3 is 4.42 Å². The van der Waals surface area contributed by atoms with Gasteiger partial charge in [0, 0.05) is 32.7 Å². The molecule has 4 aromatic rings. The van der Waals surface area contributed by atoms with Gasteiger partial charge >= 0.3 is 0 Å². The molecule has 0 aliphatic heterocycles. The predicted octanol–water partition coefficient (Wildman–Crippen LogP) is 6.98. The van der Waals surface area contributed by atoms with Crippen LogP contribution in [0, 0.1) is 0 Å². The first-order valence-electron chi connectivity index (χ1n) is 8.37. The molecule has 0 fully saturated rings. The number of thiophene rings is 1. The number of aromatic nitrogens is 1. The van der Waals surface area contributed by atoms with Gasteiger partial charge in [0.2, 0.25) is 5.89 Å². The van der Waals surface area contributed by atoms with E-state index in [1.54, 1.807) is 24.3 Å². The maximum absolute atomic E-state index is 12.7. The van der Waals surface area contributed by atoms with Crippen LogP contribution in [0.3, 0.4) is 0 Å². The van der Waals surface area contributed by atoms with Gasteiger partial charge in [-0.25, -0.2) is 0 Å². The summed E-state index contributed by atoms with van der Waals surface area (Å²) in [6.45, 7) is 0. The van der Waals surface area contributed by atoms with Crippen LogP contribution in [0.25, 0.3) is 27.9 Å². The van der Waals surface area contributed by atoms with Crippen LogP contribution < -0.4 is 0 Å². The number of fused-ring (bicyclic) bond motifs is 2. The Morgan fingerprint density at radius 3 is 2.10 bits per heavy atom. The Morgan fingerprint density at radius 1 is 0.897 bits per heavy atom. The molecule has 0 unspecified atom stereocenters. The van der Waals surface area contributed by atoms with E-state index in [-0.39, 0.29) is 38.3 Å². The first kappa shape index (κ1) is 18.6.